The Labute approximate surface area is 170 Å². The number of hydrogen-bond donors (Lipinski definition) is 0. The fraction of sp³-hybridized carbons (Fsp3) is 0.400. The van der Waals surface area contributed by atoms with Crippen LogP contribution < -0.4 is 10.4 Å². The van der Waals surface area contributed by atoms with E-state index >= 15 is 0 Å². The van der Waals surface area contributed by atoms with Gasteiger partial charge < -0.3 is 4.43 Å². The molecule has 0 saturated carbocycles. The van der Waals surface area contributed by atoms with Crippen LogP contribution in [0.4, 0.5) is 0 Å². The molecule has 2 aromatic rings. The minimum absolute atomic E-state index is 0.288. The van der Waals surface area contributed by atoms with Gasteiger partial charge in [0, 0.05) is 10.0 Å². The summed E-state index contributed by atoms with van der Waals surface area (Å²) in [5.74, 6) is 0. The first-order valence-electron chi connectivity index (χ1n) is 8.45. The molecule has 0 spiro atoms. The van der Waals surface area contributed by atoms with Crippen LogP contribution in [0.25, 0.3) is 0 Å². The van der Waals surface area contributed by atoms with E-state index in [0.717, 1.165) is 6.42 Å². The second kappa shape index (κ2) is 12.5. The molecule has 0 fully saturated rings. The predicted octanol–water partition coefficient (Wildman–Crippen LogP) is 4.78. The van der Waals surface area contributed by atoms with Crippen molar-refractivity contribution in [3.63, 3.8) is 0 Å². The van der Waals surface area contributed by atoms with Crippen LogP contribution >= 0.6 is 22.6 Å². The third-order valence-electron chi connectivity index (χ3n) is 3.05. The van der Waals surface area contributed by atoms with Crippen molar-refractivity contribution in [2.45, 2.75) is 45.1 Å². The Morgan fingerprint density at radius 3 is 1.58 bits per heavy atom. The maximum atomic E-state index is 6.43. The Balaban J connectivity index is 0.000000648. The Hall–Kier alpha value is 0.146. The van der Waals surface area contributed by atoms with Gasteiger partial charge in [0.15, 0.2) is 0 Å². The van der Waals surface area contributed by atoms with Gasteiger partial charge in [0.2, 0.25) is 0 Å². The van der Waals surface area contributed by atoms with Gasteiger partial charge in [-0.1, -0.05) is 90.2 Å². The van der Waals surface area contributed by atoms with Gasteiger partial charge in [0.1, 0.15) is 0 Å². The van der Waals surface area contributed by atoms with Crippen LogP contribution in [0.15, 0.2) is 60.7 Å². The summed E-state index contributed by atoms with van der Waals surface area (Å²) < 4.78 is 7.07. The van der Waals surface area contributed by atoms with E-state index in [1.807, 2.05) is 0 Å². The molecule has 0 aromatic heterocycles. The van der Waals surface area contributed by atoms with Crippen molar-refractivity contribution in [3.8, 4) is 0 Å². The summed E-state index contributed by atoms with van der Waals surface area (Å²) >= 11 is 1.92. The van der Waals surface area contributed by atoms with Crippen molar-refractivity contribution >= 4 is 61.8 Å². The monoisotopic (exact) mass is 560 g/mol. The van der Waals surface area contributed by atoms with Gasteiger partial charge in [0.25, 0.3) is 9.04 Å². The zero-order valence-electron chi connectivity index (χ0n) is 15.4. The van der Waals surface area contributed by atoms with Gasteiger partial charge in [-0.25, -0.2) is 0 Å². The van der Waals surface area contributed by atoms with Gasteiger partial charge in [-0.2, -0.15) is 0 Å². The molecule has 0 unspecified atom stereocenters. The number of halogens is 1. The molecule has 2 rings (SSSR count). The molecule has 0 bridgehead atoms. The van der Waals surface area contributed by atoms with Gasteiger partial charge in [-0.15, -0.1) is 0 Å². The van der Waals surface area contributed by atoms with Gasteiger partial charge in [-0.05, 0) is 23.7 Å². The molecule has 0 aliphatic carbocycles. The summed E-state index contributed by atoms with van der Waals surface area (Å²) in [7, 11) is -1.15. The Morgan fingerprint density at radius 2 is 1.25 bits per heavy atom. The zero-order valence-corrected chi connectivity index (χ0v) is 21.4. The van der Waals surface area contributed by atoms with Gasteiger partial charge >= 0.3 is 34.6 Å². The van der Waals surface area contributed by atoms with E-state index < -0.39 is 28.8 Å². The van der Waals surface area contributed by atoms with Crippen molar-refractivity contribution in [2.24, 2.45) is 0 Å². The molecule has 24 heavy (non-hydrogen) atoms. The summed E-state index contributed by atoms with van der Waals surface area (Å²) in [5, 5.41) is 2.63. The molecule has 0 N–H and O–H groups in total. The predicted molar refractivity (Wildman–Crippen MR) is 120 cm³/mol. The van der Waals surface area contributed by atoms with Crippen molar-refractivity contribution in [3.05, 3.63) is 60.7 Å². The Morgan fingerprint density at radius 1 is 0.875 bits per heavy atom. The molecule has 4 heteroatoms. The average Bonchev–Trinajstić information content (AvgIpc) is 2.53. The molecule has 2 radical (unpaired) electrons. The zero-order chi connectivity index (χ0) is 17.9. The van der Waals surface area contributed by atoms with E-state index in [1.165, 1.54) is 10.4 Å². The average molecular weight is 559 g/mol. The van der Waals surface area contributed by atoms with Crippen LogP contribution in [0.5, 0.6) is 0 Å². The topological polar surface area (TPSA) is 9.23 Å². The van der Waals surface area contributed by atoms with Gasteiger partial charge in [0.05, 0.1) is 0 Å². The number of benzene rings is 2. The molecule has 130 valence electrons. The first-order chi connectivity index (χ1) is 11.4. The molecule has 0 aliphatic rings. The first-order valence-corrected chi connectivity index (χ1v) is 19.7. The third-order valence-corrected chi connectivity index (χ3v) is 5.91. The summed E-state index contributed by atoms with van der Waals surface area (Å²) in [6, 6.07) is 21.2. The van der Waals surface area contributed by atoms with Crippen LogP contribution in [0.3, 0.4) is 0 Å². The van der Waals surface area contributed by atoms with Crippen LogP contribution in [0, 0.1) is 0 Å². The fourth-order valence-corrected chi connectivity index (χ4v) is 5.00. The summed E-state index contributed by atoms with van der Waals surface area (Å²) in [5.41, 5.74) is 0. The Bertz CT molecular complexity index is 506. The summed E-state index contributed by atoms with van der Waals surface area (Å²) in [4.78, 5) is 7.09. The molecular weight excluding hydrogens is 530 g/mol. The van der Waals surface area contributed by atoms with Crippen molar-refractivity contribution in [1.29, 1.82) is 0 Å². The minimum atomic E-state index is -1.15. The van der Waals surface area contributed by atoms with E-state index in [4.69, 9.17) is 4.43 Å². The molecule has 1 nitrogen and oxygen atoms in total. The summed E-state index contributed by atoms with van der Waals surface area (Å²) in [6.45, 7) is 4.42. The van der Waals surface area contributed by atoms with E-state index in [2.05, 4.69) is 112 Å². The molecule has 0 saturated heterocycles. The van der Waals surface area contributed by atoms with Crippen LogP contribution in [0.2, 0.25) is 14.8 Å². The number of alkyl halides is 1. The molecular formula is C20H29IOSiSn. The molecule has 0 amide bonds. The van der Waals surface area contributed by atoms with E-state index in [1.54, 1.807) is 0 Å². The Kier molecular flexibility index (Phi) is 11.5. The van der Waals surface area contributed by atoms with E-state index in [-0.39, 0.29) is 6.10 Å². The van der Waals surface area contributed by atoms with Crippen molar-refractivity contribution in [2.75, 3.05) is 0 Å². The number of hydrogen-bond acceptors (Lipinski definition) is 1. The van der Waals surface area contributed by atoms with Gasteiger partial charge in [-0.3, -0.25) is 0 Å². The fourth-order valence-electron chi connectivity index (χ4n) is 2.19. The van der Waals surface area contributed by atoms with Crippen LogP contribution in [0.1, 0.15) is 20.3 Å². The normalized spacial score (nSPS) is 13.3. The number of rotatable bonds is 6. The SMILES string of the molecule is C[C@H](C[C@@H](C)I)O[Si](c1ccccc1)c1ccccc1.[CH3][Sn]([CH3])[CH3]. The van der Waals surface area contributed by atoms with E-state index in [0.29, 0.717) is 3.92 Å². The second-order valence-electron chi connectivity index (χ2n) is 6.51. The molecule has 2 atom stereocenters. The van der Waals surface area contributed by atoms with Crippen molar-refractivity contribution < 1.29 is 4.43 Å². The van der Waals surface area contributed by atoms with Crippen LogP contribution in [-0.2, 0) is 4.43 Å². The van der Waals surface area contributed by atoms with Crippen molar-refractivity contribution in [1.82, 2.24) is 0 Å². The molecule has 0 heterocycles. The first kappa shape index (κ1) is 22.2. The van der Waals surface area contributed by atoms with Crippen LogP contribution in [-0.4, -0.2) is 38.8 Å². The third kappa shape index (κ3) is 9.58. The quantitative estimate of drug-likeness (QED) is 0.282. The summed E-state index contributed by atoms with van der Waals surface area (Å²) in [6.07, 6.45) is 1.38. The molecule has 0 aliphatic heterocycles. The molecule has 2 aromatic carbocycles. The maximum absolute atomic E-state index is 6.43. The standard InChI is InChI=1S/C17H20IOSi.3CH3.Sn/c1-14(18)13-15(2)19-20(16-9-5-3-6-10-16)17-11-7-4-8-12-17;;;;/h3-12,14-15H,13H2,1-2H3;3*1H3;/t14-,15-;;;;/m1..../s1. The van der Waals surface area contributed by atoms with E-state index in [9.17, 15) is 0 Å². The second-order valence-corrected chi connectivity index (χ2v) is 19.2.